The molecule has 0 spiro atoms. The van der Waals surface area contributed by atoms with Gasteiger partial charge in [-0.25, -0.2) is 4.98 Å². The van der Waals surface area contributed by atoms with E-state index in [1.807, 2.05) is 24.3 Å². The molecule has 0 radical (unpaired) electrons. The molecular weight excluding hydrogens is 278 g/mol. The van der Waals surface area contributed by atoms with Crippen molar-refractivity contribution in [3.05, 3.63) is 42.0 Å². The molecule has 0 saturated heterocycles. The van der Waals surface area contributed by atoms with E-state index in [0.717, 1.165) is 28.2 Å². The smallest absolute Gasteiger partial charge is 0.231 e. The first-order valence-corrected chi connectivity index (χ1v) is 7.32. The summed E-state index contributed by atoms with van der Waals surface area (Å²) in [6.45, 7) is 6.83. The molecule has 0 atom stereocenters. The first-order valence-electron chi connectivity index (χ1n) is 7.32. The third-order valence-electron chi connectivity index (χ3n) is 3.87. The van der Waals surface area contributed by atoms with Gasteiger partial charge in [0.1, 0.15) is 5.52 Å². The molecule has 2 heterocycles. The number of aromatic nitrogens is 1. The molecule has 4 heteroatoms. The van der Waals surface area contributed by atoms with Gasteiger partial charge in [-0.05, 0) is 41.3 Å². The predicted molar refractivity (Wildman–Crippen MR) is 84.3 cm³/mol. The zero-order chi connectivity index (χ0) is 15.3. The van der Waals surface area contributed by atoms with E-state index >= 15 is 0 Å². The van der Waals surface area contributed by atoms with Gasteiger partial charge in [0, 0.05) is 5.56 Å². The Morgan fingerprint density at radius 1 is 0.955 bits per heavy atom. The molecule has 4 nitrogen and oxygen atoms in total. The van der Waals surface area contributed by atoms with Crippen LogP contribution in [-0.4, -0.2) is 11.8 Å². The molecule has 1 aromatic heterocycles. The van der Waals surface area contributed by atoms with E-state index in [-0.39, 0.29) is 12.2 Å². The van der Waals surface area contributed by atoms with E-state index in [1.54, 1.807) is 0 Å². The Labute approximate surface area is 128 Å². The lowest BCUT2D eigenvalue weighted by Crippen LogP contribution is -2.10. The number of fused-ring (bicyclic) bond motifs is 2. The Balaban J connectivity index is 1.79. The second kappa shape index (κ2) is 4.50. The van der Waals surface area contributed by atoms with Crippen molar-refractivity contribution in [2.75, 3.05) is 6.79 Å². The van der Waals surface area contributed by atoms with Gasteiger partial charge in [0.2, 0.25) is 12.7 Å². The van der Waals surface area contributed by atoms with Crippen molar-refractivity contribution in [1.82, 2.24) is 4.98 Å². The van der Waals surface area contributed by atoms with Crippen molar-refractivity contribution in [3.8, 4) is 23.0 Å². The fourth-order valence-corrected chi connectivity index (χ4v) is 2.55. The number of hydrogen-bond acceptors (Lipinski definition) is 4. The number of oxazole rings is 1. The van der Waals surface area contributed by atoms with Crippen LogP contribution in [0.4, 0.5) is 0 Å². The first kappa shape index (κ1) is 13.2. The van der Waals surface area contributed by atoms with Crippen molar-refractivity contribution in [3.63, 3.8) is 0 Å². The highest BCUT2D eigenvalue weighted by Gasteiger charge is 2.18. The Morgan fingerprint density at radius 3 is 2.59 bits per heavy atom. The molecule has 1 aliphatic rings. The number of rotatable bonds is 1. The van der Waals surface area contributed by atoms with Crippen molar-refractivity contribution < 1.29 is 13.9 Å². The maximum atomic E-state index is 5.87. The van der Waals surface area contributed by atoms with Crippen molar-refractivity contribution in [2.45, 2.75) is 26.2 Å². The van der Waals surface area contributed by atoms with Gasteiger partial charge in [-0.3, -0.25) is 0 Å². The number of nitrogens with zero attached hydrogens (tertiary/aromatic N) is 1. The molecule has 0 unspecified atom stereocenters. The van der Waals surface area contributed by atoms with Gasteiger partial charge in [-0.2, -0.15) is 0 Å². The van der Waals surface area contributed by atoms with E-state index in [1.165, 1.54) is 5.56 Å². The van der Waals surface area contributed by atoms with Crippen molar-refractivity contribution in [2.24, 2.45) is 0 Å². The summed E-state index contributed by atoms with van der Waals surface area (Å²) in [6, 6.07) is 11.9. The highest BCUT2D eigenvalue weighted by Crippen LogP contribution is 2.36. The van der Waals surface area contributed by atoms with E-state index in [2.05, 4.69) is 37.9 Å². The second-order valence-electron chi connectivity index (χ2n) is 6.52. The van der Waals surface area contributed by atoms with Crippen LogP contribution in [-0.2, 0) is 5.41 Å². The molecular formula is C18H17NO3. The number of ether oxygens (including phenoxy) is 2. The molecule has 0 amide bonds. The maximum absolute atomic E-state index is 5.87. The van der Waals surface area contributed by atoms with Gasteiger partial charge in [-0.15, -0.1) is 0 Å². The summed E-state index contributed by atoms with van der Waals surface area (Å²) in [4.78, 5) is 4.62. The molecule has 0 N–H and O–H groups in total. The maximum Gasteiger partial charge on any atom is 0.231 e. The molecule has 4 rings (SSSR count). The largest absolute Gasteiger partial charge is 0.454 e. The summed E-state index contributed by atoms with van der Waals surface area (Å²) in [5, 5.41) is 0. The van der Waals surface area contributed by atoms with Gasteiger partial charge in [0.25, 0.3) is 0 Å². The van der Waals surface area contributed by atoms with Crippen LogP contribution < -0.4 is 9.47 Å². The van der Waals surface area contributed by atoms with E-state index in [9.17, 15) is 0 Å². The van der Waals surface area contributed by atoms with Crippen LogP contribution in [0.1, 0.15) is 26.3 Å². The fourth-order valence-electron chi connectivity index (χ4n) is 2.55. The lowest BCUT2D eigenvalue weighted by atomic mass is 9.87. The van der Waals surface area contributed by atoms with Gasteiger partial charge in [0.15, 0.2) is 17.1 Å². The van der Waals surface area contributed by atoms with E-state index in [0.29, 0.717) is 5.89 Å². The minimum absolute atomic E-state index is 0.0893. The standard InChI is InChI=1S/C18H17NO3/c1-18(2,3)12-5-7-14-13(9-12)19-17(22-14)11-4-6-15-16(8-11)21-10-20-15/h4-9H,10H2,1-3H3. The molecule has 1 aliphatic heterocycles. The lowest BCUT2D eigenvalue weighted by Gasteiger charge is -2.18. The fraction of sp³-hybridized carbons (Fsp3) is 0.278. The minimum atomic E-state index is 0.0893. The van der Waals surface area contributed by atoms with Crippen LogP contribution in [0.25, 0.3) is 22.6 Å². The molecule has 3 aromatic rings. The van der Waals surface area contributed by atoms with Gasteiger partial charge < -0.3 is 13.9 Å². The molecule has 22 heavy (non-hydrogen) atoms. The second-order valence-corrected chi connectivity index (χ2v) is 6.52. The van der Waals surface area contributed by atoms with Crippen LogP contribution in [0, 0.1) is 0 Å². The summed E-state index contributed by atoms with van der Waals surface area (Å²) in [5.41, 5.74) is 3.88. The van der Waals surface area contributed by atoms with Crippen LogP contribution in [0.15, 0.2) is 40.8 Å². The summed E-state index contributed by atoms with van der Waals surface area (Å²) in [6.07, 6.45) is 0. The van der Waals surface area contributed by atoms with Gasteiger partial charge in [0.05, 0.1) is 0 Å². The normalized spacial score (nSPS) is 13.8. The Morgan fingerprint density at radius 2 is 1.77 bits per heavy atom. The zero-order valence-corrected chi connectivity index (χ0v) is 12.8. The van der Waals surface area contributed by atoms with E-state index < -0.39 is 0 Å². The summed E-state index contributed by atoms with van der Waals surface area (Å²) in [5.74, 6) is 2.09. The van der Waals surface area contributed by atoms with Gasteiger partial charge >= 0.3 is 0 Å². The summed E-state index contributed by atoms with van der Waals surface area (Å²) < 4.78 is 16.6. The third-order valence-corrected chi connectivity index (χ3v) is 3.87. The lowest BCUT2D eigenvalue weighted by molar-refractivity contribution is 0.174. The number of benzene rings is 2. The molecule has 112 valence electrons. The quantitative estimate of drug-likeness (QED) is 0.662. The average Bonchev–Trinajstić information content (AvgIpc) is 3.10. The zero-order valence-electron chi connectivity index (χ0n) is 12.8. The molecule has 2 aromatic carbocycles. The Bertz CT molecular complexity index is 858. The van der Waals surface area contributed by atoms with Crippen LogP contribution in [0.5, 0.6) is 11.5 Å². The topological polar surface area (TPSA) is 44.5 Å². The Kier molecular flexibility index (Phi) is 2.70. The molecule has 0 bridgehead atoms. The summed E-state index contributed by atoms with van der Waals surface area (Å²) in [7, 11) is 0. The highest BCUT2D eigenvalue weighted by atomic mass is 16.7. The minimum Gasteiger partial charge on any atom is -0.454 e. The van der Waals surface area contributed by atoms with Crippen molar-refractivity contribution in [1.29, 1.82) is 0 Å². The van der Waals surface area contributed by atoms with Crippen LogP contribution >= 0.6 is 0 Å². The summed E-state index contributed by atoms with van der Waals surface area (Å²) >= 11 is 0. The van der Waals surface area contributed by atoms with E-state index in [4.69, 9.17) is 13.9 Å². The SMILES string of the molecule is CC(C)(C)c1ccc2oc(-c3ccc4c(c3)OCO4)nc2c1. The van der Waals surface area contributed by atoms with Crippen LogP contribution in [0.2, 0.25) is 0 Å². The monoisotopic (exact) mass is 295 g/mol. The molecule has 0 aliphatic carbocycles. The van der Waals surface area contributed by atoms with Gasteiger partial charge in [-0.1, -0.05) is 26.8 Å². The Hall–Kier alpha value is -2.49. The molecule has 0 fully saturated rings. The van der Waals surface area contributed by atoms with Crippen LogP contribution in [0.3, 0.4) is 0 Å². The highest BCUT2D eigenvalue weighted by molar-refractivity contribution is 5.77. The predicted octanol–water partition coefficient (Wildman–Crippen LogP) is 4.52. The molecule has 0 saturated carbocycles. The van der Waals surface area contributed by atoms with Crippen molar-refractivity contribution >= 4 is 11.1 Å². The number of hydrogen-bond donors (Lipinski definition) is 0. The average molecular weight is 295 g/mol. The first-order chi connectivity index (χ1) is 10.5. The third kappa shape index (κ3) is 2.11.